The third-order valence-electron chi connectivity index (χ3n) is 5.15. The molecular formula is C24H24N2O3. The van der Waals surface area contributed by atoms with E-state index < -0.39 is 0 Å². The molecule has 0 radical (unpaired) electrons. The van der Waals surface area contributed by atoms with Crippen LogP contribution in [0, 0.1) is 0 Å². The van der Waals surface area contributed by atoms with Crippen LogP contribution >= 0.6 is 0 Å². The van der Waals surface area contributed by atoms with Gasteiger partial charge in [0.05, 0.1) is 18.8 Å². The van der Waals surface area contributed by atoms with Gasteiger partial charge in [0.15, 0.2) is 0 Å². The van der Waals surface area contributed by atoms with Crippen LogP contribution in [0.4, 0.5) is 5.69 Å². The first-order valence-corrected chi connectivity index (χ1v) is 9.68. The molecule has 29 heavy (non-hydrogen) atoms. The van der Waals surface area contributed by atoms with Crippen LogP contribution in [0.2, 0.25) is 0 Å². The van der Waals surface area contributed by atoms with Gasteiger partial charge in [-0.3, -0.25) is 10.1 Å². The summed E-state index contributed by atoms with van der Waals surface area (Å²) in [7, 11) is 1.60. The minimum Gasteiger partial charge on any atom is -0.495 e. The maximum atomic E-state index is 12.8. The number of furan rings is 1. The predicted molar refractivity (Wildman–Crippen MR) is 116 cm³/mol. The van der Waals surface area contributed by atoms with Crippen molar-refractivity contribution in [2.75, 3.05) is 12.4 Å². The Bertz CT molecular complexity index is 1150. The number of carbonyl (C=O) groups is 1. The Kier molecular flexibility index (Phi) is 5.23. The van der Waals surface area contributed by atoms with E-state index in [0.29, 0.717) is 17.0 Å². The number of benzene rings is 3. The van der Waals surface area contributed by atoms with Crippen LogP contribution in [0.3, 0.4) is 0 Å². The van der Waals surface area contributed by atoms with Crippen LogP contribution in [0.5, 0.6) is 5.75 Å². The third-order valence-corrected chi connectivity index (χ3v) is 5.15. The standard InChI is InChI=1S/C24H24N2O3/c1-15(17-9-5-4-6-10-17)25-16(2)24(27)26-20-14-22-19(13-23(20)28-3)18-11-7-8-12-21(18)29-22/h4-16,25H,1-3H3,(H,26,27)/t15-,16-/m1/s1. The van der Waals surface area contributed by atoms with Gasteiger partial charge in [-0.05, 0) is 31.5 Å². The Morgan fingerprint density at radius 3 is 2.41 bits per heavy atom. The molecule has 0 saturated carbocycles. The van der Waals surface area contributed by atoms with Gasteiger partial charge in [0.2, 0.25) is 5.91 Å². The molecule has 0 saturated heterocycles. The third kappa shape index (κ3) is 3.82. The number of hydrogen-bond donors (Lipinski definition) is 2. The van der Waals surface area contributed by atoms with Crippen molar-refractivity contribution in [3.63, 3.8) is 0 Å². The predicted octanol–water partition coefficient (Wildman–Crippen LogP) is 5.27. The molecule has 0 aliphatic carbocycles. The number of hydrogen-bond acceptors (Lipinski definition) is 4. The fraction of sp³-hybridized carbons (Fsp3) is 0.208. The van der Waals surface area contributed by atoms with E-state index in [4.69, 9.17) is 9.15 Å². The average Bonchev–Trinajstić information content (AvgIpc) is 3.11. The Balaban J connectivity index is 1.56. The lowest BCUT2D eigenvalue weighted by molar-refractivity contribution is -0.117. The molecule has 0 aliphatic heterocycles. The first-order valence-electron chi connectivity index (χ1n) is 9.68. The number of methoxy groups -OCH3 is 1. The van der Waals surface area contributed by atoms with Crippen LogP contribution in [0.25, 0.3) is 21.9 Å². The lowest BCUT2D eigenvalue weighted by Crippen LogP contribution is -2.39. The van der Waals surface area contributed by atoms with E-state index in [1.54, 1.807) is 7.11 Å². The van der Waals surface area contributed by atoms with Crippen LogP contribution < -0.4 is 15.4 Å². The van der Waals surface area contributed by atoms with Gasteiger partial charge in [-0.1, -0.05) is 48.5 Å². The highest BCUT2D eigenvalue weighted by atomic mass is 16.5. The second kappa shape index (κ2) is 7.97. The maximum absolute atomic E-state index is 12.8. The molecule has 0 aliphatic rings. The van der Waals surface area contributed by atoms with E-state index in [1.807, 2.05) is 80.6 Å². The van der Waals surface area contributed by atoms with Gasteiger partial charge in [0.25, 0.3) is 0 Å². The Hall–Kier alpha value is -3.31. The highest BCUT2D eigenvalue weighted by molar-refractivity contribution is 6.08. The SMILES string of the molecule is COc1cc2c(cc1NC(=O)[C@@H](C)N[C@H](C)c1ccccc1)oc1ccccc12. The monoisotopic (exact) mass is 388 g/mol. The van der Waals surface area contributed by atoms with E-state index in [9.17, 15) is 4.79 Å². The summed E-state index contributed by atoms with van der Waals surface area (Å²) in [5.74, 6) is 0.460. The summed E-state index contributed by atoms with van der Waals surface area (Å²) >= 11 is 0. The van der Waals surface area contributed by atoms with Gasteiger partial charge in [-0.25, -0.2) is 0 Å². The van der Waals surface area contributed by atoms with E-state index >= 15 is 0 Å². The first-order chi connectivity index (χ1) is 14.1. The van der Waals surface area contributed by atoms with Crippen molar-refractivity contribution in [2.45, 2.75) is 25.9 Å². The summed E-state index contributed by atoms with van der Waals surface area (Å²) in [6.07, 6.45) is 0. The van der Waals surface area contributed by atoms with Crippen molar-refractivity contribution in [3.05, 3.63) is 72.3 Å². The van der Waals surface area contributed by atoms with E-state index in [0.717, 1.165) is 21.9 Å². The molecule has 4 aromatic rings. The maximum Gasteiger partial charge on any atom is 0.241 e. The van der Waals surface area contributed by atoms with Crippen molar-refractivity contribution in [1.82, 2.24) is 5.32 Å². The summed E-state index contributed by atoms with van der Waals surface area (Å²) in [6, 6.07) is 21.3. The fourth-order valence-electron chi connectivity index (χ4n) is 3.55. The molecule has 0 unspecified atom stereocenters. The van der Waals surface area contributed by atoms with Gasteiger partial charge in [-0.15, -0.1) is 0 Å². The van der Waals surface area contributed by atoms with Crippen molar-refractivity contribution in [3.8, 4) is 5.75 Å². The smallest absolute Gasteiger partial charge is 0.241 e. The quantitative estimate of drug-likeness (QED) is 0.472. The zero-order valence-electron chi connectivity index (χ0n) is 16.7. The molecule has 2 N–H and O–H groups in total. The molecule has 1 aromatic heterocycles. The zero-order valence-corrected chi connectivity index (χ0v) is 16.7. The van der Waals surface area contributed by atoms with E-state index in [2.05, 4.69) is 10.6 Å². The molecule has 1 heterocycles. The number of fused-ring (bicyclic) bond motifs is 3. The number of rotatable bonds is 6. The molecular weight excluding hydrogens is 364 g/mol. The van der Waals surface area contributed by atoms with Gasteiger partial charge in [0, 0.05) is 22.9 Å². The van der Waals surface area contributed by atoms with Crippen molar-refractivity contribution in [2.24, 2.45) is 0 Å². The summed E-state index contributed by atoms with van der Waals surface area (Å²) in [4.78, 5) is 12.8. The van der Waals surface area contributed by atoms with Crippen LogP contribution in [0.15, 0.2) is 71.1 Å². The first kappa shape index (κ1) is 19.0. The van der Waals surface area contributed by atoms with Crippen LogP contribution in [-0.2, 0) is 4.79 Å². The minimum atomic E-state index is -0.388. The number of amides is 1. The van der Waals surface area contributed by atoms with Gasteiger partial charge in [0.1, 0.15) is 16.9 Å². The number of nitrogens with one attached hydrogen (secondary N) is 2. The molecule has 148 valence electrons. The summed E-state index contributed by atoms with van der Waals surface area (Å²) in [6.45, 7) is 3.89. The second-order valence-corrected chi connectivity index (χ2v) is 7.16. The molecule has 5 heteroatoms. The molecule has 2 atom stereocenters. The van der Waals surface area contributed by atoms with Crippen LogP contribution in [-0.4, -0.2) is 19.1 Å². The molecule has 4 rings (SSSR count). The minimum absolute atomic E-state index is 0.0525. The van der Waals surface area contributed by atoms with Crippen LogP contribution in [0.1, 0.15) is 25.5 Å². The summed E-state index contributed by atoms with van der Waals surface area (Å²) in [5.41, 5.74) is 3.24. The van der Waals surface area contributed by atoms with E-state index in [-0.39, 0.29) is 18.0 Å². The van der Waals surface area contributed by atoms with E-state index in [1.165, 1.54) is 0 Å². The molecule has 5 nitrogen and oxygen atoms in total. The second-order valence-electron chi connectivity index (χ2n) is 7.16. The normalized spacial score (nSPS) is 13.3. The lowest BCUT2D eigenvalue weighted by Gasteiger charge is -2.20. The highest BCUT2D eigenvalue weighted by Gasteiger charge is 2.19. The number of carbonyl (C=O) groups excluding carboxylic acids is 1. The largest absolute Gasteiger partial charge is 0.495 e. The van der Waals surface area contributed by atoms with Gasteiger partial charge < -0.3 is 14.5 Å². The van der Waals surface area contributed by atoms with Crippen molar-refractivity contribution < 1.29 is 13.9 Å². The van der Waals surface area contributed by atoms with Crippen molar-refractivity contribution in [1.29, 1.82) is 0 Å². The van der Waals surface area contributed by atoms with Crippen molar-refractivity contribution >= 4 is 33.5 Å². The topological polar surface area (TPSA) is 63.5 Å². The molecule has 1 amide bonds. The average molecular weight is 388 g/mol. The number of ether oxygens (including phenoxy) is 1. The fourth-order valence-corrected chi connectivity index (χ4v) is 3.55. The Morgan fingerprint density at radius 1 is 0.931 bits per heavy atom. The Labute approximate surface area is 169 Å². The Morgan fingerprint density at radius 2 is 1.66 bits per heavy atom. The van der Waals surface area contributed by atoms with Gasteiger partial charge in [-0.2, -0.15) is 0 Å². The highest BCUT2D eigenvalue weighted by Crippen LogP contribution is 2.36. The number of anilines is 1. The zero-order chi connectivity index (χ0) is 20.4. The molecule has 0 bridgehead atoms. The van der Waals surface area contributed by atoms with Gasteiger partial charge >= 0.3 is 0 Å². The molecule has 3 aromatic carbocycles. The summed E-state index contributed by atoms with van der Waals surface area (Å²) < 4.78 is 11.5. The molecule has 0 spiro atoms. The lowest BCUT2D eigenvalue weighted by atomic mass is 10.1. The molecule has 0 fully saturated rings. The summed E-state index contributed by atoms with van der Waals surface area (Å²) in [5, 5.41) is 8.28. The number of para-hydroxylation sites is 1.